The van der Waals surface area contributed by atoms with Crippen LogP contribution in [0.2, 0.25) is 0 Å². The van der Waals surface area contributed by atoms with Gasteiger partial charge in [0.1, 0.15) is 5.75 Å². The first-order valence-electron chi connectivity index (χ1n) is 11.7. The number of rotatable bonds is 3. The molecule has 31 heavy (non-hydrogen) atoms. The standard InChI is InChI=1S/C26H35N3OS/c1-19(2)29-13-5-10-26(18-29)11-14-28(15-12-26)20-6-8-22-24(16-20)31-25-17-21(30-4)7-9-23(25)27(22)3/h6-9,16-17,19H,5,10-15,18H2,1-4H3. The number of likely N-dealkylation sites (tertiary alicyclic amines) is 1. The van der Waals surface area contributed by atoms with Gasteiger partial charge in [-0.15, -0.1) is 0 Å². The van der Waals surface area contributed by atoms with E-state index in [9.17, 15) is 0 Å². The smallest absolute Gasteiger partial charge is 0.120 e. The van der Waals surface area contributed by atoms with Crippen LogP contribution in [0.4, 0.5) is 17.1 Å². The molecule has 3 aliphatic heterocycles. The van der Waals surface area contributed by atoms with Crippen LogP contribution in [-0.4, -0.2) is 51.3 Å². The number of nitrogens with zero attached hydrogens (tertiary/aromatic N) is 3. The molecule has 2 aromatic carbocycles. The highest BCUT2D eigenvalue weighted by Gasteiger charge is 2.39. The Balaban J connectivity index is 1.32. The second-order valence-electron chi connectivity index (χ2n) is 9.80. The largest absolute Gasteiger partial charge is 0.497 e. The lowest BCUT2D eigenvalue weighted by Gasteiger charge is -2.49. The summed E-state index contributed by atoms with van der Waals surface area (Å²) in [5.74, 6) is 0.920. The highest BCUT2D eigenvalue weighted by molar-refractivity contribution is 7.99. The van der Waals surface area contributed by atoms with Crippen LogP contribution in [0.25, 0.3) is 0 Å². The van der Waals surface area contributed by atoms with E-state index in [0.717, 1.165) is 5.75 Å². The monoisotopic (exact) mass is 437 g/mol. The van der Waals surface area contributed by atoms with Gasteiger partial charge in [-0.05, 0) is 87.9 Å². The minimum atomic E-state index is 0.539. The lowest BCUT2D eigenvalue weighted by atomic mass is 9.72. The molecular formula is C26H35N3OS. The third kappa shape index (κ3) is 3.91. The molecule has 2 saturated heterocycles. The highest BCUT2D eigenvalue weighted by atomic mass is 32.2. The molecule has 0 N–H and O–H groups in total. The van der Waals surface area contributed by atoms with Crippen molar-refractivity contribution in [2.75, 3.05) is 50.1 Å². The SMILES string of the molecule is COc1ccc2c(c1)Sc1cc(N3CCC4(CCCN(C(C)C)C4)CC3)ccc1N2C. The Bertz CT molecular complexity index is 952. The van der Waals surface area contributed by atoms with Gasteiger partial charge >= 0.3 is 0 Å². The fourth-order valence-electron chi connectivity index (χ4n) is 5.62. The van der Waals surface area contributed by atoms with Crippen LogP contribution in [0.3, 0.4) is 0 Å². The summed E-state index contributed by atoms with van der Waals surface area (Å²) in [6.45, 7) is 9.63. The molecule has 0 unspecified atom stereocenters. The van der Waals surface area contributed by atoms with Crippen LogP contribution in [-0.2, 0) is 0 Å². The third-order valence-electron chi connectivity index (χ3n) is 7.66. The molecule has 3 heterocycles. The number of hydrogen-bond acceptors (Lipinski definition) is 5. The van der Waals surface area contributed by atoms with E-state index in [-0.39, 0.29) is 0 Å². The molecule has 2 aromatic rings. The molecule has 0 aromatic heterocycles. The highest BCUT2D eigenvalue weighted by Crippen LogP contribution is 2.50. The average molecular weight is 438 g/mol. The fraction of sp³-hybridized carbons (Fsp3) is 0.538. The number of methoxy groups -OCH3 is 1. The summed E-state index contributed by atoms with van der Waals surface area (Å²) in [6.07, 6.45) is 5.41. The number of fused-ring (bicyclic) bond motifs is 2. The van der Waals surface area contributed by atoms with Gasteiger partial charge in [0.05, 0.1) is 18.5 Å². The Morgan fingerprint density at radius 1 is 0.935 bits per heavy atom. The molecule has 0 amide bonds. The Labute approximate surface area is 191 Å². The number of ether oxygens (including phenoxy) is 1. The summed E-state index contributed by atoms with van der Waals surface area (Å²) in [5, 5.41) is 0. The molecule has 4 nitrogen and oxygen atoms in total. The lowest BCUT2D eigenvalue weighted by molar-refractivity contribution is 0.0467. The third-order valence-corrected chi connectivity index (χ3v) is 8.76. The Morgan fingerprint density at radius 2 is 1.65 bits per heavy atom. The predicted molar refractivity (Wildman–Crippen MR) is 131 cm³/mol. The van der Waals surface area contributed by atoms with Crippen molar-refractivity contribution in [1.82, 2.24) is 4.90 Å². The number of hydrogen-bond donors (Lipinski definition) is 0. The summed E-state index contributed by atoms with van der Waals surface area (Å²) in [7, 11) is 3.90. The van der Waals surface area contributed by atoms with Gasteiger partial charge in [-0.25, -0.2) is 0 Å². The summed E-state index contributed by atoms with van der Waals surface area (Å²) < 4.78 is 5.46. The van der Waals surface area contributed by atoms with E-state index in [0.29, 0.717) is 11.5 Å². The molecule has 0 saturated carbocycles. The predicted octanol–water partition coefficient (Wildman–Crippen LogP) is 6.02. The van der Waals surface area contributed by atoms with Gasteiger partial charge in [-0.1, -0.05) is 11.8 Å². The molecule has 0 atom stereocenters. The van der Waals surface area contributed by atoms with E-state index in [1.54, 1.807) is 7.11 Å². The summed E-state index contributed by atoms with van der Waals surface area (Å²) in [5.41, 5.74) is 4.45. The number of piperidine rings is 2. The molecule has 5 rings (SSSR count). The van der Waals surface area contributed by atoms with Gasteiger partial charge in [0, 0.05) is 48.2 Å². The van der Waals surface area contributed by atoms with E-state index in [4.69, 9.17) is 4.74 Å². The molecular weight excluding hydrogens is 402 g/mol. The second-order valence-corrected chi connectivity index (χ2v) is 10.9. The number of benzene rings is 2. The zero-order valence-electron chi connectivity index (χ0n) is 19.4. The van der Waals surface area contributed by atoms with Crippen LogP contribution >= 0.6 is 11.8 Å². The Hall–Kier alpha value is -1.85. The van der Waals surface area contributed by atoms with Crippen molar-refractivity contribution < 1.29 is 4.74 Å². The molecule has 1 spiro atoms. The minimum Gasteiger partial charge on any atom is -0.497 e. The molecule has 0 aliphatic carbocycles. The van der Waals surface area contributed by atoms with Crippen LogP contribution in [0.1, 0.15) is 39.5 Å². The van der Waals surface area contributed by atoms with E-state index in [1.165, 1.54) is 78.7 Å². The van der Waals surface area contributed by atoms with E-state index in [2.05, 4.69) is 65.9 Å². The average Bonchev–Trinajstić information content (AvgIpc) is 2.79. The van der Waals surface area contributed by atoms with Crippen molar-refractivity contribution in [2.45, 2.75) is 55.4 Å². The van der Waals surface area contributed by atoms with Crippen LogP contribution < -0.4 is 14.5 Å². The van der Waals surface area contributed by atoms with Crippen molar-refractivity contribution in [3.8, 4) is 5.75 Å². The zero-order valence-corrected chi connectivity index (χ0v) is 20.2. The molecule has 0 radical (unpaired) electrons. The van der Waals surface area contributed by atoms with Crippen molar-refractivity contribution in [3.63, 3.8) is 0 Å². The maximum atomic E-state index is 5.46. The van der Waals surface area contributed by atoms with Crippen LogP contribution in [0.15, 0.2) is 46.2 Å². The number of anilines is 3. The van der Waals surface area contributed by atoms with Gasteiger partial charge in [0.2, 0.25) is 0 Å². The van der Waals surface area contributed by atoms with E-state index in [1.807, 2.05) is 17.8 Å². The van der Waals surface area contributed by atoms with Gasteiger partial charge in [-0.2, -0.15) is 0 Å². The zero-order chi connectivity index (χ0) is 21.6. The van der Waals surface area contributed by atoms with Gasteiger partial charge in [0.15, 0.2) is 0 Å². The van der Waals surface area contributed by atoms with E-state index < -0.39 is 0 Å². The normalized spacial score (nSPS) is 20.7. The molecule has 0 bridgehead atoms. The fourth-order valence-corrected chi connectivity index (χ4v) is 6.83. The van der Waals surface area contributed by atoms with Crippen LogP contribution in [0.5, 0.6) is 5.75 Å². The first-order valence-corrected chi connectivity index (χ1v) is 12.5. The van der Waals surface area contributed by atoms with Crippen molar-refractivity contribution in [3.05, 3.63) is 36.4 Å². The lowest BCUT2D eigenvalue weighted by Crippen LogP contribution is -2.51. The quantitative estimate of drug-likeness (QED) is 0.583. The summed E-state index contributed by atoms with van der Waals surface area (Å²) in [6, 6.07) is 14.1. The minimum absolute atomic E-state index is 0.539. The van der Waals surface area contributed by atoms with Crippen molar-refractivity contribution in [2.24, 2.45) is 5.41 Å². The second kappa shape index (κ2) is 8.25. The van der Waals surface area contributed by atoms with Crippen LogP contribution in [0, 0.1) is 5.41 Å². The maximum absolute atomic E-state index is 5.46. The Morgan fingerprint density at radius 3 is 2.35 bits per heavy atom. The molecule has 3 aliphatic rings. The molecule has 2 fully saturated rings. The van der Waals surface area contributed by atoms with Gasteiger partial charge in [-0.3, -0.25) is 0 Å². The Kier molecular flexibility index (Phi) is 5.59. The van der Waals surface area contributed by atoms with Crippen molar-refractivity contribution >= 4 is 28.8 Å². The molecule has 166 valence electrons. The van der Waals surface area contributed by atoms with Gasteiger partial charge < -0.3 is 19.4 Å². The first-order chi connectivity index (χ1) is 15.0. The topological polar surface area (TPSA) is 19.0 Å². The van der Waals surface area contributed by atoms with Crippen molar-refractivity contribution in [1.29, 1.82) is 0 Å². The maximum Gasteiger partial charge on any atom is 0.120 e. The van der Waals surface area contributed by atoms with E-state index >= 15 is 0 Å². The van der Waals surface area contributed by atoms with Gasteiger partial charge in [0.25, 0.3) is 0 Å². The first kappa shape index (κ1) is 21.0. The summed E-state index contributed by atoms with van der Waals surface area (Å²) in [4.78, 5) is 10.2. The summed E-state index contributed by atoms with van der Waals surface area (Å²) >= 11 is 1.86. The molecule has 5 heteroatoms.